The molecule has 2 bridgehead atoms. The molecular formula is C21H28ClN3O3. The van der Waals surface area contributed by atoms with E-state index in [2.05, 4.69) is 4.90 Å². The van der Waals surface area contributed by atoms with E-state index in [-0.39, 0.29) is 24.0 Å². The number of ether oxygens (including phenoxy) is 1. The Balaban J connectivity index is 1.68. The normalized spacial score (nSPS) is 21.5. The van der Waals surface area contributed by atoms with Crippen molar-refractivity contribution in [2.75, 3.05) is 32.1 Å². The van der Waals surface area contributed by atoms with Crippen molar-refractivity contribution in [3.05, 3.63) is 41.1 Å². The zero-order valence-corrected chi connectivity index (χ0v) is 17.9. The lowest BCUT2D eigenvalue weighted by Gasteiger charge is -2.36. The Hall–Kier alpha value is -2.21. The molecule has 2 heterocycles. The summed E-state index contributed by atoms with van der Waals surface area (Å²) in [7, 11) is 3.72. The van der Waals surface area contributed by atoms with Gasteiger partial charge in [0.05, 0.1) is 11.1 Å². The fourth-order valence-corrected chi connectivity index (χ4v) is 3.98. The minimum absolute atomic E-state index is 0.121. The summed E-state index contributed by atoms with van der Waals surface area (Å²) in [4.78, 5) is 30.6. The maximum absolute atomic E-state index is 12.4. The van der Waals surface area contributed by atoms with Gasteiger partial charge in [0, 0.05) is 56.8 Å². The molecule has 6 nitrogen and oxygen atoms in total. The predicted octanol–water partition coefficient (Wildman–Crippen LogP) is 3.80. The second kappa shape index (κ2) is 7.66. The molecule has 0 saturated carbocycles. The smallest absolute Gasteiger partial charge is 0.410 e. The van der Waals surface area contributed by atoms with E-state index in [1.807, 2.05) is 51.9 Å². The van der Waals surface area contributed by atoms with Crippen LogP contribution in [0.2, 0.25) is 5.02 Å². The van der Waals surface area contributed by atoms with Gasteiger partial charge in [-0.25, -0.2) is 4.79 Å². The lowest BCUT2D eigenvalue weighted by atomic mass is 10.1. The zero-order chi connectivity index (χ0) is 20.6. The van der Waals surface area contributed by atoms with E-state index in [4.69, 9.17) is 16.3 Å². The third-order valence-electron chi connectivity index (χ3n) is 4.94. The SMILES string of the molecule is CN(C)/C=C/C(=O)c1ccc(N2CC3CC2CN3C(=O)OC(C)(C)C)cc1Cl. The van der Waals surface area contributed by atoms with Gasteiger partial charge >= 0.3 is 6.09 Å². The van der Waals surface area contributed by atoms with Crippen LogP contribution in [0.4, 0.5) is 10.5 Å². The first-order valence-corrected chi connectivity index (χ1v) is 9.88. The number of amides is 1. The van der Waals surface area contributed by atoms with Crippen LogP contribution >= 0.6 is 11.6 Å². The highest BCUT2D eigenvalue weighted by Gasteiger charge is 2.46. The summed E-state index contributed by atoms with van der Waals surface area (Å²) in [5.74, 6) is -0.121. The molecule has 0 radical (unpaired) electrons. The number of benzene rings is 1. The topological polar surface area (TPSA) is 53.1 Å². The Bertz CT molecular complexity index is 801. The number of nitrogens with zero attached hydrogens (tertiary/aromatic N) is 3. The van der Waals surface area contributed by atoms with Gasteiger partial charge in [-0.15, -0.1) is 0 Å². The molecule has 7 heteroatoms. The minimum Gasteiger partial charge on any atom is -0.444 e. The van der Waals surface area contributed by atoms with E-state index >= 15 is 0 Å². The van der Waals surface area contributed by atoms with Crippen molar-refractivity contribution < 1.29 is 14.3 Å². The number of carbonyl (C=O) groups excluding carboxylic acids is 2. The maximum atomic E-state index is 12.4. The van der Waals surface area contributed by atoms with Gasteiger partial charge in [-0.1, -0.05) is 11.6 Å². The quantitative estimate of drug-likeness (QED) is 0.563. The third-order valence-corrected chi connectivity index (χ3v) is 5.26. The first kappa shape index (κ1) is 20.5. The molecule has 2 atom stereocenters. The lowest BCUT2D eigenvalue weighted by molar-refractivity contribution is 0.0214. The van der Waals surface area contributed by atoms with Crippen LogP contribution in [0.15, 0.2) is 30.5 Å². The van der Waals surface area contributed by atoms with Gasteiger partial charge < -0.3 is 19.4 Å². The highest BCUT2D eigenvalue weighted by atomic mass is 35.5. The number of fused-ring (bicyclic) bond motifs is 2. The summed E-state index contributed by atoms with van der Waals surface area (Å²) in [6.07, 6.45) is 3.89. The van der Waals surface area contributed by atoms with Gasteiger partial charge in [0.25, 0.3) is 0 Å². The van der Waals surface area contributed by atoms with E-state index in [1.165, 1.54) is 6.08 Å². The standard InChI is InChI=1S/C21H28ClN3O3/c1-21(2,3)28-20(27)25-13-15-10-16(25)12-24(15)14-6-7-17(18(22)11-14)19(26)8-9-23(4)5/h6-9,11,15-16H,10,12-13H2,1-5H3/b9-8+. The zero-order valence-electron chi connectivity index (χ0n) is 17.1. The van der Waals surface area contributed by atoms with Gasteiger partial charge in [0.1, 0.15) is 5.60 Å². The summed E-state index contributed by atoms with van der Waals surface area (Å²) in [6.45, 7) is 7.02. The number of allylic oxidation sites excluding steroid dienone is 1. The second-order valence-corrected chi connectivity index (χ2v) is 9.04. The summed E-state index contributed by atoms with van der Waals surface area (Å²) < 4.78 is 5.52. The first-order valence-electron chi connectivity index (χ1n) is 9.50. The van der Waals surface area contributed by atoms with E-state index in [1.54, 1.807) is 17.2 Å². The van der Waals surface area contributed by atoms with E-state index in [9.17, 15) is 9.59 Å². The maximum Gasteiger partial charge on any atom is 0.410 e. The number of ketones is 1. The van der Waals surface area contributed by atoms with E-state index in [0.717, 1.165) is 18.7 Å². The molecule has 2 unspecified atom stereocenters. The predicted molar refractivity (Wildman–Crippen MR) is 111 cm³/mol. The van der Waals surface area contributed by atoms with Gasteiger partial charge in [0.15, 0.2) is 5.78 Å². The third kappa shape index (κ3) is 4.43. The molecule has 1 amide bonds. The molecule has 2 saturated heterocycles. The number of hydrogen-bond acceptors (Lipinski definition) is 5. The number of hydrogen-bond donors (Lipinski definition) is 0. The molecule has 152 valence electrons. The molecule has 2 fully saturated rings. The fourth-order valence-electron chi connectivity index (χ4n) is 3.72. The monoisotopic (exact) mass is 405 g/mol. The van der Waals surface area contributed by atoms with Gasteiger partial charge in [-0.3, -0.25) is 4.79 Å². The van der Waals surface area contributed by atoms with Crippen molar-refractivity contribution >= 4 is 29.2 Å². The first-order chi connectivity index (χ1) is 13.0. The molecule has 1 aromatic carbocycles. The van der Waals surface area contributed by atoms with Gasteiger partial charge in [0.2, 0.25) is 0 Å². The number of anilines is 1. The van der Waals surface area contributed by atoms with Crippen LogP contribution in [0, 0.1) is 0 Å². The van der Waals surface area contributed by atoms with Crippen LogP contribution < -0.4 is 4.90 Å². The average molecular weight is 406 g/mol. The van der Waals surface area contributed by atoms with Crippen molar-refractivity contribution in [2.45, 2.75) is 44.9 Å². The highest BCUT2D eigenvalue weighted by molar-refractivity contribution is 6.34. The molecule has 0 aliphatic carbocycles. The Labute approximate surface area is 171 Å². The summed E-state index contributed by atoms with van der Waals surface area (Å²) in [5.41, 5.74) is 0.980. The number of rotatable bonds is 4. The summed E-state index contributed by atoms with van der Waals surface area (Å²) in [6, 6.07) is 5.93. The lowest BCUT2D eigenvalue weighted by Crippen LogP contribution is -2.50. The number of likely N-dealkylation sites (tertiary alicyclic amines) is 1. The van der Waals surface area contributed by atoms with Crippen molar-refractivity contribution in [1.82, 2.24) is 9.80 Å². The van der Waals surface area contributed by atoms with Crippen LogP contribution in [-0.2, 0) is 4.74 Å². The van der Waals surface area contributed by atoms with Crippen molar-refractivity contribution in [2.24, 2.45) is 0 Å². The Morgan fingerprint density at radius 2 is 1.93 bits per heavy atom. The fraction of sp³-hybridized carbons (Fsp3) is 0.524. The van der Waals surface area contributed by atoms with Crippen molar-refractivity contribution in [3.8, 4) is 0 Å². The molecular weight excluding hydrogens is 378 g/mol. The number of halogens is 1. The molecule has 2 aliphatic rings. The molecule has 0 aromatic heterocycles. The average Bonchev–Trinajstić information content (AvgIpc) is 3.18. The van der Waals surface area contributed by atoms with Crippen molar-refractivity contribution in [3.63, 3.8) is 0 Å². The molecule has 0 spiro atoms. The second-order valence-electron chi connectivity index (χ2n) is 8.64. The Kier molecular flexibility index (Phi) is 5.62. The minimum atomic E-state index is -0.491. The summed E-state index contributed by atoms with van der Waals surface area (Å²) in [5, 5.41) is 0.442. The van der Waals surface area contributed by atoms with Gasteiger partial charge in [-0.2, -0.15) is 0 Å². The van der Waals surface area contributed by atoms with Crippen molar-refractivity contribution in [1.29, 1.82) is 0 Å². The molecule has 1 aromatic rings. The number of carbonyl (C=O) groups is 2. The largest absolute Gasteiger partial charge is 0.444 e. The summed E-state index contributed by atoms with van der Waals surface area (Å²) >= 11 is 6.39. The van der Waals surface area contributed by atoms with E-state index in [0.29, 0.717) is 17.1 Å². The van der Waals surface area contributed by atoms with Gasteiger partial charge in [-0.05, 0) is 45.4 Å². The highest BCUT2D eigenvalue weighted by Crippen LogP contribution is 2.36. The number of piperazine rings is 1. The van der Waals surface area contributed by atoms with Crippen LogP contribution in [0.5, 0.6) is 0 Å². The Morgan fingerprint density at radius 1 is 1.21 bits per heavy atom. The Morgan fingerprint density at radius 3 is 2.46 bits per heavy atom. The van der Waals surface area contributed by atoms with Crippen LogP contribution in [0.3, 0.4) is 0 Å². The van der Waals surface area contributed by atoms with Crippen LogP contribution in [-0.4, -0.2) is 66.5 Å². The molecule has 28 heavy (non-hydrogen) atoms. The van der Waals surface area contributed by atoms with Crippen LogP contribution in [0.1, 0.15) is 37.6 Å². The molecule has 0 N–H and O–H groups in total. The molecule has 2 aliphatic heterocycles. The van der Waals surface area contributed by atoms with Crippen LogP contribution in [0.25, 0.3) is 0 Å². The van der Waals surface area contributed by atoms with E-state index < -0.39 is 5.60 Å². The molecule has 3 rings (SSSR count).